The molecule has 0 spiro atoms. The van der Waals surface area contributed by atoms with Crippen LogP contribution in [-0.4, -0.2) is 58.1 Å². The molecule has 0 aromatic carbocycles. The molecule has 2 unspecified atom stereocenters. The Morgan fingerprint density at radius 2 is 1.79 bits per heavy atom. The van der Waals surface area contributed by atoms with E-state index >= 15 is 0 Å². The number of hydrogen-bond acceptors (Lipinski definition) is 4. The standard InChI is InChI=1S/C10H20N2O2/c1-13-10(14-2)7-12-5-8-3-11-4-9(8)6-12/h8-11H,3-7H2,1-2H3. The second-order valence-corrected chi connectivity index (χ2v) is 4.30. The molecule has 0 bridgehead atoms. The van der Waals surface area contributed by atoms with E-state index in [9.17, 15) is 0 Å². The second kappa shape index (κ2) is 4.57. The van der Waals surface area contributed by atoms with Gasteiger partial charge < -0.3 is 14.8 Å². The Morgan fingerprint density at radius 1 is 1.21 bits per heavy atom. The average Bonchev–Trinajstić information content (AvgIpc) is 2.73. The van der Waals surface area contributed by atoms with Gasteiger partial charge in [0.05, 0.1) is 0 Å². The summed E-state index contributed by atoms with van der Waals surface area (Å²) >= 11 is 0. The highest BCUT2D eigenvalue weighted by Gasteiger charge is 2.36. The summed E-state index contributed by atoms with van der Waals surface area (Å²) < 4.78 is 10.4. The third kappa shape index (κ3) is 2.08. The Hall–Kier alpha value is -0.160. The minimum Gasteiger partial charge on any atom is -0.355 e. The minimum atomic E-state index is -0.0678. The first-order valence-electron chi connectivity index (χ1n) is 5.32. The van der Waals surface area contributed by atoms with Crippen LogP contribution in [0, 0.1) is 11.8 Å². The van der Waals surface area contributed by atoms with Crippen LogP contribution in [0.4, 0.5) is 0 Å². The first kappa shape index (κ1) is 10.4. The van der Waals surface area contributed by atoms with Crippen LogP contribution < -0.4 is 5.32 Å². The highest BCUT2D eigenvalue weighted by molar-refractivity contribution is 4.91. The topological polar surface area (TPSA) is 33.7 Å². The van der Waals surface area contributed by atoms with E-state index in [4.69, 9.17) is 9.47 Å². The number of rotatable bonds is 4. The van der Waals surface area contributed by atoms with Gasteiger partial charge >= 0.3 is 0 Å². The summed E-state index contributed by atoms with van der Waals surface area (Å²) in [5.41, 5.74) is 0. The van der Waals surface area contributed by atoms with E-state index in [1.165, 1.54) is 26.2 Å². The van der Waals surface area contributed by atoms with Gasteiger partial charge in [0.15, 0.2) is 6.29 Å². The summed E-state index contributed by atoms with van der Waals surface area (Å²) in [6.07, 6.45) is -0.0678. The van der Waals surface area contributed by atoms with Crippen LogP contribution in [0.5, 0.6) is 0 Å². The molecule has 4 heteroatoms. The average molecular weight is 200 g/mol. The third-order valence-corrected chi connectivity index (χ3v) is 3.40. The highest BCUT2D eigenvalue weighted by atomic mass is 16.7. The SMILES string of the molecule is COC(CN1CC2CNCC2C1)OC. The van der Waals surface area contributed by atoms with E-state index in [0.717, 1.165) is 18.4 Å². The van der Waals surface area contributed by atoms with Crippen LogP contribution in [0.25, 0.3) is 0 Å². The number of nitrogens with zero attached hydrogens (tertiary/aromatic N) is 1. The second-order valence-electron chi connectivity index (χ2n) is 4.30. The smallest absolute Gasteiger partial charge is 0.169 e. The molecule has 1 N–H and O–H groups in total. The molecule has 2 aliphatic rings. The zero-order valence-corrected chi connectivity index (χ0v) is 9.03. The van der Waals surface area contributed by atoms with E-state index in [2.05, 4.69) is 10.2 Å². The van der Waals surface area contributed by atoms with E-state index < -0.39 is 0 Å². The summed E-state index contributed by atoms with van der Waals surface area (Å²) in [7, 11) is 3.40. The van der Waals surface area contributed by atoms with Crippen molar-refractivity contribution >= 4 is 0 Å². The molecule has 2 atom stereocenters. The van der Waals surface area contributed by atoms with Gasteiger partial charge in [-0.1, -0.05) is 0 Å². The highest BCUT2D eigenvalue weighted by Crippen LogP contribution is 2.26. The van der Waals surface area contributed by atoms with Crippen LogP contribution >= 0.6 is 0 Å². The Labute approximate surface area is 85.5 Å². The largest absolute Gasteiger partial charge is 0.355 e. The van der Waals surface area contributed by atoms with Crippen molar-refractivity contribution in [1.29, 1.82) is 0 Å². The number of ether oxygens (including phenoxy) is 2. The fraction of sp³-hybridized carbons (Fsp3) is 1.00. The predicted molar refractivity (Wildman–Crippen MR) is 54.1 cm³/mol. The maximum absolute atomic E-state index is 5.20. The van der Waals surface area contributed by atoms with Gasteiger partial charge in [0, 0.05) is 33.9 Å². The molecule has 0 aliphatic carbocycles. The van der Waals surface area contributed by atoms with Crippen molar-refractivity contribution in [2.24, 2.45) is 11.8 Å². The van der Waals surface area contributed by atoms with Gasteiger partial charge in [-0.15, -0.1) is 0 Å². The number of methoxy groups -OCH3 is 2. The number of fused-ring (bicyclic) bond motifs is 1. The van der Waals surface area contributed by atoms with Gasteiger partial charge in [-0.25, -0.2) is 0 Å². The van der Waals surface area contributed by atoms with Gasteiger partial charge in [-0.3, -0.25) is 4.90 Å². The summed E-state index contributed by atoms with van der Waals surface area (Å²) in [6, 6.07) is 0. The van der Waals surface area contributed by atoms with Crippen molar-refractivity contribution in [1.82, 2.24) is 10.2 Å². The zero-order valence-electron chi connectivity index (χ0n) is 9.03. The van der Waals surface area contributed by atoms with Gasteiger partial charge in [-0.2, -0.15) is 0 Å². The van der Waals surface area contributed by atoms with Gasteiger partial charge in [-0.05, 0) is 24.9 Å². The molecule has 2 rings (SSSR count). The van der Waals surface area contributed by atoms with Gasteiger partial charge in [0.1, 0.15) is 0 Å². The van der Waals surface area contributed by atoms with E-state index in [1.807, 2.05) is 0 Å². The Balaban J connectivity index is 1.78. The molecule has 0 radical (unpaired) electrons. The molecule has 0 amide bonds. The number of nitrogens with one attached hydrogen (secondary N) is 1. The van der Waals surface area contributed by atoms with Crippen molar-refractivity contribution in [3.8, 4) is 0 Å². The summed E-state index contributed by atoms with van der Waals surface area (Å²) in [6.45, 7) is 5.67. The van der Waals surface area contributed by atoms with Crippen molar-refractivity contribution < 1.29 is 9.47 Å². The Bertz CT molecular complexity index is 173. The maximum Gasteiger partial charge on any atom is 0.169 e. The van der Waals surface area contributed by atoms with Crippen molar-refractivity contribution in [3.63, 3.8) is 0 Å². The van der Waals surface area contributed by atoms with Crippen molar-refractivity contribution in [2.45, 2.75) is 6.29 Å². The molecule has 0 saturated carbocycles. The lowest BCUT2D eigenvalue weighted by atomic mass is 10.0. The molecule has 2 saturated heterocycles. The fourth-order valence-corrected chi connectivity index (χ4v) is 2.56. The summed E-state index contributed by atoms with van der Waals surface area (Å²) in [5, 5.41) is 3.44. The van der Waals surface area contributed by atoms with Gasteiger partial charge in [0.25, 0.3) is 0 Å². The Kier molecular flexibility index (Phi) is 3.38. The van der Waals surface area contributed by atoms with E-state index in [-0.39, 0.29) is 6.29 Å². The Morgan fingerprint density at radius 3 is 2.29 bits per heavy atom. The minimum absolute atomic E-state index is 0.0678. The normalized spacial score (nSPS) is 32.8. The summed E-state index contributed by atoms with van der Waals surface area (Å²) in [4.78, 5) is 2.45. The lowest BCUT2D eigenvalue weighted by molar-refractivity contribution is -0.114. The molecule has 0 aromatic rings. The molecule has 0 aromatic heterocycles. The molecule has 2 aliphatic heterocycles. The molecule has 82 valence electrons. The first-order chi connectivity index (χ1) is 6.83. The molecule has 2 fully saturated rings. The molecule has 2 heterocycles. The number of hydrogen-bond donors (Lipinski definition) is 1. The van der Waals surface area contributed by atoms with Crippen LogP contribution in [0.3, 0.4) is 0 Å². The van der Waals surface area contributed by atoms with Crippen molar-refractivity contribution in [3.05, 3.63) is 0 Å². The predicted octanol–water partition coefficient (Wildman–Crippen LogP) is -0.243. The van der Waals surface area contributed by atoms with Crippen LogP contribution in [0.15, 0.2) is 0 Å². The molecule has 4 nitrogen and oxygen atoms in total. The van der Waals surface area contributed by atoms with E-state index in [0.29, 0.717) is 0 Å². The maximum atomic E-state index is 5.20. The molecule has 14 heavy (non-hydrogen) atoms. The lowest BCUT2D eigenvalue weighted by Gasteiger charge is -2.22. The fourth-order valence-electron chi connectivity index (χ4n) is 2.56. The van der Waals surface area contributed by atoms with Crippen molar-refractivity contribution in [2.75, 3.05) is 46.9 Å². The monoisotopic (exact) mass is 200 g/mol. The summed E-state index contributed by atoms with van der Waals surface area (Å²) in [5.74, 6) is 1.70. The lowest BCUT2D eigenvalue weighted by Crippen LogP contribution is -2.34. The van der Waals surface area contributed by atoms with Crippen LogP contribution in [0.1, 0.15) is 0 Å². The quantitative estimate of drug-likeness (QED) is 0.635. The zero-order chi connectivity index (χ0) is 9.97. The van der Waals surface area contributed by atoms with Gasteiger partial charge in [0.2, 0.25) is 0 Å². The molecular weight excluding hydrogens is 180 g/mol. The van der Waals surface area contributed by atoms with E-state index in [1.54, 1.807) is 14.2 Å². The number of likely N-dealkylation sites (tertiary alicyclic amines) is 1. The van der Waals surface area contributed by atoms with Crippen LogP contribution in [-0.2, 0) is 9.47 Å². The van der Waals surface area contributed by atoms with Crippen LogP contribution in [0.2, 0.25) is 0 Å². The first-order valence-corrected chi connectivity index (χ1v) is 5.32. The molecular formula is C10H20N2O2. The third-order valence-electron chi connectivity index (χ3n) is 3.40.